The molecule has 2 N–H and O–H groups in total. The van der Waals surface area contributed by atoms with Gasteiger partial charge in [-0.15, -0.1) is 0 Å². The summed E-state index contributed by atoms with van der Waals surface area (Å²) in [6.07, 6.45) is 3.44. The van der Waals surface area contributed by atoms with Crippen LogP contribution in [0.25, 0.3) is 0 Å². The second-order valence-corrected chi connectivity index (χ2v) is 8.59. The molecule has 0 bridgehead atoms. The maximum absolute atomic E-state index is 13.0. The van der Waals surface area contributed by atoms with Gasteiger partial charge in [0.15, 0.2) is 0 Å². The smallest absolute Gasteiger partial charge is 0.322 e. The Kier molecular flexibility index (Phi) is 3.95. The maximum atomic E-state index is 13.0. The molecule has 0 radical (unpaired) electrons. The lowest BCUT2D eigenvalue weighted by atomic mass is 9.87. The van der Waals surface area contributed by atoms with Crippen molar-refractivity contribution in [2.45, 2.75) is 57.0 Å². The van der Waals surface area contributed by atoms with Gasteiger partial charge in [-0.1, -0.05) is 31.5 Å². The Morgan fingerprint density at radius 2 is 2.08 bits per heavy atom. The van der Waals surface area contributed by atoms with E-state index in [4.69, 9.17) is 11.6 Å². The van der Waals surface area contributed by atoms with Crippen LogP contribution in [-0.4, -0.2) is 30.6 Å². The van der Waals surface area contributed by atoms with E-state index < -0.39 is 0 Å². The second kappa shape index (κ2) is 5.90. The van der Waals surface area contributed by atoms with Gasteiger partial charge in [0.2, 0.25) is 5.91 Å². The van der Waals surface area contributed by atoms with Crippen LogP contribution in [0.1, 0.15) is 45.1 Å². The molecule has 1 aliphatic carbocycles. The lowest BCUT2D eigenvalue weighted by molar-refractivity contribution is -0.124. The SMILES string of the molecule is CC1(C)CN(C(=O)N[C@@H]2CCC(=O)N[C@H]2C2CC2)c2cc(Cl)ccc21. The summed E-state index contributed by atoms with van der Waals surface area (Å²) in [5.41, 5.74) is 1.93. The van der Waals surface area contributed by atoms with E-state index in [1.165, 1.54) is 0 Å². The Morgan fingerprint density at radius 1 is 1.32 bits per heavy atom. The number of hydrogen-bond donors (Lipinski definition) is 2. The van der Waals surface area contributed by atoms with Gasteiger partial charge in [0.25, 0.3) is 0 Å². The number of urea groups is 1. The molecular formula is C19H24ClN3O2. The Morgan fingerprint density at radius 3 is 2.80 bits per heavy atom. The van der Waals surface area contributed by atoms with Crippen LogP contribution in [0.5, 0.6) is 0 Å². The predicted octanol–water partition coefficient (Wildman–Crippen LogP) is 3.20. The van der Waals surface area contributed by atoms with Gasteiger partial charge in [-0.25, -0.2) is 4.79 Å². The molecule has 0 spiro atoms. The first-order valence-corrected chi connectivity index (χ1v) is 9.40. The minimum absolute atomic E-state index is 0.00375. The van der Waals surface area contributed by atoms with Crippen molar-refractivity contribution in [3.63, 3.8) is 0 Å². The van der Waals surface area contributed by atoms with Crippen LogP contribution < -0.4 is 15.5 Å². The number of carbonyl (C=O) groups excluding carboxylic acids is 2. The molecule has 6 heteroatoms. The van der Waals surface area contributed by atoms with Crippen molar-refractivity contribution in [3.05, 3.63) is 28.8 Å². The van der Waals surface area contributed by atoms with Crippen LogP contribution in [0, 0.1) is 5.92 Å². The van der Waals surface area contributed by atoms with Crippen molar-refractivity contribution in [2.24, 2.45) is 5.92 Å². The van der Waals surface area contributed by atoms with Crippen LogP contribution in [0.15, 0.2) is 18.2 Å². The molecule has 1 saturated heterocycles. The highest BCUT2D eigenvalue weighted by molar-refractivity contribution is 6.31. The van der Waals surface area contributed by atoms with Crippen molar-refractivity contribution in [3.8, 4) is 0 Å². The van der Waals surface area contributed by atoms with E-state index in [1.807, 2.05) is 18.2 Å². The summed E-state index contributed by atoms with van der Waals surface area (Å²) in [6.45, 7) is 4.91. The van der Waals surface area contributed by atoms with E-state index in [0.29, 0.717) is 30.3 Å². The van der Waals surface area contributed by atoms with Crippen LogP contribution in [0.3, 0.4) is 0 Å². The second-order valence-electron chi connectivity index (χ2n) is 8.16. The standard InChI is InChI=1S/C19H24ClN3O2/c1-19(2)10-23(15-9-12(20)5-6-13(15)19)18(25)21-14-7-8-16(24)22-17(14)11-3-4-11/h5-6,9,11,14,17H,3-4,7-8,10H2,1-2H3,(H,21,25)(H,22,24)/t14-,17+/m1/s1. The Bertz CT molecular complexity index is 729. The number of fused-ring (bicyclic) bond motifs is 1. The third kappa shape index (κ3) is 3.10. The molecule has 2 fully saturated rings. The van der Waals surface area contributed by atoms with Gasteiger partial charge in [0, 0.05) is 23.4 Å². The van der Waals surface area contributed by atoms with E-state index in [-0.39, 0.29) is 29.4 Å². The summed E-state index contributed by atoms with van der Waals surface area (Å²) in [5.74, 6) is 0.605. The number of halogens is 1. The molecule has 3 aliphatic rings. The number of hydrogen-bond acceptors (Lipinski definition) is 2. The van der Waals surface area contributed by atoms with Crippen molar-refractivity contribution in [1.29, 1.82) is 0 Å². The Labute approximate surface area is 153 Å². The summed E-state index contributed by atoms with van der Waals surface area (Å²) in [6, 6.07) is 5.73. The maximum Gasteiger partial charge on any atom is 0.322 e. The molecule has 2 aliphatic heterocycles. The molecule has 25 heavy (non-hydrogen) atoms. The number of amides is 3. The van der Waals surface area contributed by atoms with Gasteiger partial charge in [0.05, 0.1) is 17.8 Å². The molecule has 4 rings (SSSR count). The lowest BCUT2D eigenvalue weighted by Gasteiger charge is -2.34. The van der Waals surface area contributed by atoms with E-state index in [9.17, 15) is 9.59 Å². The predicted molar refractivity (Wildman–Crippen MR) is 98.0 cm³/mol. The normalized spacial score (nSPS) is 27.6. The summed E-state index contributed by atoms with van der Waals surface area (Å²) in [7, 11) is 0. The minimum Gasteiger partial charge on any atom is -0.351 e. The zero-order valence-corrected chi connectivity index (χ0v) is 15.4. The van der Waals surface area contributed by atoms with E-state index in [1.54, 1.807) is 4.90 Å². The van der Waals surface area contributed by atoms with Gasteiger partial charge >= 0.3 is 6.03 Å². The molecule has 0 unspecified atom stereocenters. The molecule has 2 heterocycles. The van der Waals surface area contributed by atoms with Crippen LogP contribution in [0.2, 0.25) is 5.02 Å². The van der Waals surface area contributed by atoms with Crippen molar-refractivity contribution in [2.75, 3.05) is 11.4 Å². The molecule has 3 amide bonds. The monoisotopic (exact) mass is 361 g/mol. The first-order chi connectivity index (χ1) is 11.8. The van der Waals surface area contributed by atoms with E-state index in [0.717, 1.165) is 24.1 Å². The average molecular weight is 362 g/mol. The number of nitrogens with zero attached hydrogens (tertiary/aromatic N) is 1. The first kappa shape index (κ1) is 16.7. The third-order valence-electron chi connectivity index (χ3n) is 5.66. The van der Waals surface area contributed by atoms with Crippen LogP contribution in [0.4, 0.5) is 10.5 Å². The number of carbonyl (C=O) groups is 2. The third-order valence-corrected chi connectivity index (χ3v) is 5.90. The molecule has 2 atom stereocenters. The lowest BCUT2D eigenvalue weighted by Crippen LogP contribution is -2.58. The number of nitrogens with one attached hydrogen (secondary N) is 2. The Balaban J connectivity index is 1.54. The van der Waals surface area contributed by atoms with E-state index >= 15 is 0 Å². The highest BCUT2D eigenvalue weighted by Gasteiger charge is 2.43. The van der Waals surface area contributed by atoms with Gasteiger partial charge in [-0.2, -0.15) is 0 Å². The zero-order valence-electron chi connectivity index (χ0n) is 14.6. The van der Waals surface area contributed by atoms with Gasteiger partial charge in [-0.3, -0.25) is 9.69 Å². The van der Waals surface area contributed by atoms with Gasteiger partial charge in [0.1, 0.15) is 0 Å². The quantitative estimate of drug-likeness (QED) is 0.849. The Hall–Kier alpha value is -1.75. The average Bonchev–Trinajstić information content (AvgIpc) is 3.35. The fourth-order valence-corrected chi connectivity index (χ4v) is 4.34. The summed E-state index contributed by atoms with van der Waals surface area (Å²) >= 11 is 6.16. The highest BCUT2D eigenvalue weighted by Crippen LogP contribution is 2.42. The zero-order chi connectivity index (χ0) is 17.8. The number of benzene rings is 1. The molecule has 134 valence electrons. The number of anilines is 1. The van der Waals surface area contributed by atoms with Crippen molar-refractivity contribution >= 4 is 29.2 Å². The largest absolute Gasteiger partial charge is 0.351 e. The summed E-state index contributed by atoms with van der Waals surface area (Å²) in [4.78, 5) is 26.5. The van der Waals surface area contributed by atoms with Crippen molar-refractivity contribution < 1.29 is 9.59 Å². The summed E-state index contributed by atoms with van der Waals surface area (Å²) in [5, 5.41) is 6.89. The molecular weight excluding hydrogens is 338 g/mol. The molecule has 1 aromatic carbocycles. The molecule has 1 saturated carbocycles. The van der Waals surface area contributed by atoms with Gasteiger partial charge in [-0.05, 0) is 42.9 Å². The van der Waals surface area contributed by atoms with Gasteiger partial charge < -0.3 is 10.6 Å². The molecule has 0 aromatic heterocycles. The number of rotatable bonds is 2. The van der Waals surface area contributed by atoms with Crippen LogP contribution in [-0.2, 0) is 10.2 Å². The number of piperidine rings is 1. The summed E-state index contributed by atoms with van der Waals surface area (Å²) < 4.78 is 0. The topological polar surface area (TPSA) is 61.4 Å². The fraction of sp³-hybridized carbons (Fsp3) is 0.579. The first-order valence-electron chi connectivity index (χ1n) is 9.02. The van der Waals surface area contributed by atoms with Crippen LogP contribution >= 0.6 is 11.6 Å². The van der Waals surface area contributed by atoms with Crippen molar-refractivity contribution in [1.82, 2.24) is 10.6 Å². The molecule has 1 aromatic rings. The molecule has 5 nitrogen and oxygen atoms in total. The van der Waals surface area contributed by atoms with E-state index in [2.05, 4.69) is 24.5 Å². The highest BCUT2D eigenvalue weighted by atomic mass is 35.5. The minimum atomic E-state index is -0.103. The fourth-order valence-electron chi connectivity index (χ4n) is 4.17.